The molecule has 0 saturated carbocycles. The standard InChI is InChI=1S/C16H20N2O4S/c1-10(8-20-2)17-15(19)12-9-23-16(18-12)11-6-5-7-13(21-3)14(11)22-4/h5-7,9-10H,8H2,1-4H3,(H,17,19)/t10-/m1/s1. The van der Waals surface area contributed by atoms with Gasteiger partial charge in [-0.25, -0.2) is 4.98 Å². The second-order valence-electron chi connectivity index (χ2n) is 4.91. The van der Waals surface area contributed by atoms with Gasteiger partial charge in [0.1, 0.15) is 10.7 Å². The lowest BCUT2D eigenvalue weighted by Gasteiger charge is -2.11. The Morgan fingerprint density at radius 2 is 2.09 bits per heavy atom. The van der Waals surface area contributed by atoms with Crippen LogP contribution in [0.3, 0.4) is 0 Å². The van der Waals surface area contributed by atoms with Crippen molar-refractivity contribution in [2.24, 2.45) is 0 Å². The van der Waals surface area contributed by atoms with Crippen LogP contribution in [-0.2, 0) is 4.74 Å². The third kappa shape index (κ3) is 4.00. The molecule has 7 heteroatoms. The Kier molecular flexibility index (Phi) is 5.95. The number of para-hydroxylation sites is 1. The number of methoxy groups -OCH3 is 3. The van der Waals surface area contributed by atoms with E-state index in [9.17, 15) is 4.79 Å². The summed E-state index contributed by atoms with van der Waals surface area (Å²) in [7, 11) is 4.76. The van der Waals surface area contributed by atoms with Crippen LogP contribution < -0.4 is 14.8 Å². The zero-order valence-electron chi connectivity index (χ0n) is 13.6. The third-order valence-corrected chi connectivity index (χ3v) is 4.04. The highest BCUT2D eigenvalue weighted by atomic mass is 32.1. The maximum absolute atomic E-state index is 12.2. The Bertz CT molecular complexity index is 672. The number of nitrogens with zero attached hydrogens (tertiary/aromatic N) is 1. The summed E-state index contributed by atoms with van der Waals surface area (Å²) in [6.07, 6.45) is 0. The van der Waals surface area contributed by atoms with Crippen LogP contribution in [0.4, 0.5) is 0 Å². The summed E-state index contributed by atoms with van der Waals surface area (Å²) in [6, 6.07) is 5.48. The molecule has 0 bridgehead atoms. The molecule has 0 spiro atoms. The fourth-order valence-corrected chi connectivity index (χ4v) is 2.97. The van der Waals surface area contributed by atoms with Gasteiger partial charge in [-0.2, -0.15) is 0 Å². The van der Waals surface area contributed by atoms with Crippen molar-refractivity contribution in [3.05, 3.63) is 29.3 Å². The van der Waals surface area contributed by atoms with Crippen molar-refractivity contribution in [1.82, 2.24) is 10.3 Å². The van der Waals surface area contributed by atoms with Crippen molar-refractivity contribution < 1.29 is 19.0 Å². The highest BCUT2D eigenvalue weighted by molar-refractivity contribution is 7.13. The molecule has 0 radical (unpaired) electrons. The highest BCUT2D eigenvalue weighted by Crippen LogP contribution is 2.38. The van der Waals surface area contributed by atoms with Crippen molar-refractivity contribution in [1.29, 1.82) is 0 Å². The first-order valence-corrected chi connectivity index (χ1v) is 7.95. The summed E-state index contributed by atoms with van der Waals surface area (Å²) < 4.78 is 15.7. The molecule has 0 unspecified atom stereocenters. The number of nitrogens with one attached hydrogen (secondary N) is 1. The SMILES string of the molecule is COC[C@@H](C)NC(=O)c1csc(-c2cccc(OC)c2OC)n1. The topological polar surface area (TPSA) is 69.7 Å². The minimum Gasteiger partial charge on any atom is -0.493 e. The average Bonchev–Trinajstić information content (AvgIpc) is 3.04. The fraction of sp³-hybridized carbons (Fsp3) is 0.375. The van der Waals surface area contributed by atoms with Crippen LogP contribution in [0.15, 0.2) is 23.6 Å². The van der Waals surface area contributed by atoms with Gasteiger partial charge in [0.15, 0.2) is 11.5 Å². The van der Waals surface area contributed by atoms with Gasteiger partial charge in [-0.05, 0) is 19.1 Å². The number of carbonyl (C=O) groups excluding carboxylic acids is 1. The molecule has 1 aromatic carbocycles. The molecule has 1 heterocycles. The first-order chi connectivity index (χ1) is 11.1. The predicted molar refractivity (Wildman–Crippen MR) is 89.5 cm³/mol. The monoisotopic (exact) mass is 336 g/mol. The first kappa shape index (κ1) is 17.2. The van der Waals surface area contributed by atoms with Crippen molar-refractivity contribution >= 4 is 17.2 Å². The Labute approximate surface area is 139 Å². The molecule has 1 N–H and O–H groups in total. The van der Waals surface area contributed by atoms with Gasteiger partial charge in [-0.3, -0.25) is 4.79 Å². The van der Waals surface area contributed by atoms with E-state index in [0.29, 0.717) is 28.8 Å². The summed E-state index contributed by atoms with van der Waals surface area (Å²) in [5.74, 6) is 1.00. The molecule has 0 aliphatic heterocycles. The van der Waals surface area contributed by atoms with Gasteiger partial charge in [0.2, 0.25) is 0 Å². The fourth-order valence-electron chi connectivity index (χ4n) is 2.15. The van der Waals surface area contributed by atoms with Gasteiger partial charge in [0.05, 0.1) is 26.4 Å². The maximum Gasteiger partial charge on any atom is 0.271 e. The number of rotatable bonds is 7. The molecule has 1 amide bonds. The molecular formula is C16H20N2O4S. The van der Waals surface area contributed by atoms with Gasteiger partial charge in [0, 0.05) is 18.5 Å². The van der Waals surface area contributed by atoms with Crippen LogP contribution in [0.25, 0.3) is 10.6 Å². The summed E-state index contributed by atoms with van der Waals surface area (Å²) >= 11 is 1.38. The Morgan fingerprint density at radius 3 is 2.74 bits per heavy atom. The van der Waals surface area contributed by atoms with Gasteiger partial charge in [-0.15, -0.1) is 11.3 Å². The van der Waals surface area contributed by atoms with Crippen LogP contribution in [0.5, 0.6) is 11.5 Å². The highest BCUT2D eigenvalue weighted by Gasteiger charge is 2.18. The Morgan fingerprint density at radius 1 is 1.30 bits per heavy atom. The van der Waals surface area contributed by atoms with Crippen molar-refractivity contribution in [3.63, 3.8) is 0 Å². The summed E-state index contributed by atoms with van der Waals surface area (Å²) in [5.41, 5.74) is 1.17. The largest absolute Gasteiger partial charge is 0.493 e. The third-order valence-electron chi connectivity index (χ3n) is 3.16. The zero-order chi connectivity index (χ0) is 16.8. The molecule has 0 saturated heterocycles. The van der Waals surface area contributed by atoms with E-state index in [1.54, 1.807) is 26.7 Å². The molecular weight excluding hydrogens is 316 g/mol. The Hall–Kier alpha value is -2.12. The smallest absolute Gasteiger partial charge is 0.271 e. The van der Waals surface area contributed by atoms with E-state index in [2.05, 4.69) is 10.3 Å². The van der Waals surface area contributed by atoms with E-state index in [1.807, 2.05) is 25.1 Å². The predicted octanol–water partition coefficient (Wildman–Crippen LogP) is 2.59. The number of amides is 1. The number of thiazole rings is 1. The van der Waals surface area contributed by atoms with E-state index < -0.39 is 0 Å². The maximum atomic E-state index is 12.2. The lowest BCUT2D eigenvalue weighted by atomic mass is 10.2. The molecule has 124 valence electrons. The normalized spacial score (nSPS) is 11.8. The van der Waals surface area contributed by atoms with E-state index in [0.717, 1.165) is 5.56 Å². The average molecular weight is 336 g/mol. The lowest BCUT2D eigenvalue weighted by Crippen LogP contribution is -2.35. The molecule has 0 aliphatic carbocycles. The number of hydrogen-bond acceptors (Lipinski definition) is 6. The van der Waals surface area contributed by atoms with E-state index in [4.69, 9.17) is 14.2 Å². The van der Waals surface area contributed by atoms with E-state index in [1.165, 1.54) is 11.3 Å². The van der Waals surface area contributed by atoms with Gasteiger partial charge in [-0.1, -0.05) is 6.07 Å². The van der Waals surface area contributed by atoms with E-state index >= 15 is 0 Å². The zero-order valence-corrected chi connectivity index (χ0v) is 14.4. The molecule has 23 heavy (non-hydrogen) atoms. The number of aromatic nitrogens is 1. The minimum absolute atomic E-state index is 0.0796. The van der Waals surface area contributed by atoms with Crippen LogP contribution >= 0.6 is 11.3 Å². The van der Waals surface area contributed by atoms with Crippen LogP contribution in [-0.4, -0.2) is 44.9 Å². The summed E-state index contributed by atoms with van der Waals surface area (Å²) in [6.45, 7) is 2.33. The van der Waals surface area contributed by atoms with Gasteiger partial charge in [0.25, 0.3) is 5.91 Å². The molecule has 0 fully saturated rings. The number of carbonyl (C=O) groups is 1. The van der Waals surface area contributed by atoms with Crippen molar-refractivity contribution in [3.8, 4) is 22.1 Å². The molecule has 1 atom stereocenters. The molecule has 2 rings (SSSR count). The van der Waals surface area contributed by atoms with Crippen LogP contribution in [0.1, 0.15) is 17.4 Å². The van der Waals surface area contributed by atoms with E-state index in [-0.39, 0.29) is 11.9 Å². The minimum atomic E-state index is -0.223. The number of hydrogen-bond donors (Lipinski definition) is 1. The molecule has 2 aromatic rings. The Balaban J connectivity index is 2.24. The molecule has 1 aromatic heterocycles. The number of benzene rings is 1. The first-order valence-electron chi connectivity index (χ1n) is 7.07. The van der Waals surface area contributed by atoms with Gasteiger partial charge < -0.3 is 19.5 Å². The quantitative estimate of drug-likeness (QED) is 0.841. The lowest BCUT2D eigenvalue weighted by molar-refractivity contribution is 0.0901. The molecule has 6 nitrogen and oxygen atoms in total. The summed E-state index contributed by atoms with van der Waals surface area (Å²) in [5, 5.41) is 5.26. The van der Waals surface area contributed by atoms with Crippen molar-refractivity contribution in [2.75, 3.05) is 27.9 Å². The second-order valence-corrected chi connectivity index (χ2v) is 5.77. The van der Waals surface area contributed by atoms with Crippen LogP contribution in [0.2, 0.25) is 0 Å². The van der Waals surface area contributed by atoms with Gasteiger partial charge >= 0.3 is 0 Å². The summed E-state index contributed by atoms with van der Waals surface area (Å²) in [4.78, 5) is 16.6. The molecule has 0 aliphatic rings. The second kappa shape index (κ2) is 7.94. The number of ether oxygens (including phenoxy) is 3. The van der Waals surface area contributed by atoms with Crippen LogP contribution in [0, 0.1) is 0 Å². The van der Waals surface area contributed by atoms with Crippen molar-refractivity contribution in [2.45, 2.75) is 13.0 Å².